The minimum atomic E-state index is -2.59. The van der Waals surface area contributed by atoms with Crippen LogP contribution in [0, 0.1) is 25.2 Å². The zero-order valence-corrected chi connectivity index (χ0v) is 29.2. The number of para-hydroxylation sites is 1. The first-order chi connectivity index (χ1) is 23.2. The number of carbonyl (C=O) groups is 3. The van der Waals surface area contributed by atoms with Crippen molar-refractivity contribution >= 4 is 17.7 Å². The number of nitrogens with one attached hydrogen (secondary N) is 2. The predicted octanol–water partition coefficient (Wildman–Crippen LogP) is 4.40. The molecule has 1 heterocycles. The number of carbonyl (C=O) groups excluding carboxylic acids is 3. The molecule has 0 bridgehead atoms. The molecule has 5 N–H and O–H groups in total. The molecule has 4 atom stereocenters. The monoisotopic (exact) mass is 673 g/mol. The van der Waals surface area contributed by atoms with Crippen LogP contribution in [0.1, 0.15) is 62.3 Å². The molecule has 10 nitrogen and oxygen atoms in total. The lowest BCUT2D eigenvalue weighted by Gasteiger charge is -2.42. The summed E-state index contributed by atoms with van der Waals surface area (Å²) in [6, 6.07) is 21.4. The molecule has 49 heavy (non-hydrogen) atoms. The molecule has 4 unspecified atom stereocenters. The van der Waals surface area contributed by atoms with Crippen LogP contribution in [0.5, 0.6) is 5.75 Å². The molecular weight excluding hydrogens is 622 g/mol. The van der Waals surface area contributed by atoms with Crippen molar-refractivity contribution in [1.29, 1.82) is 0 Å². The number of hydrogen-bond acceptors (Lipinski definition) is 7. The number of aliphatic hydroxyl groups excluding tert-OH is 1. The molecule has 0 aliphatic carbocycles. The number of ketones is 1. The molecule has 0 saturated carbocycles. The van der Waals surface area contributed by atoms with Gasteiger partial charge in [0.1, 0.15) is 18.4 Å². The molecule has 1 aliphatic heterocycles. The van der Waals surface area contributed by atoms with Gasteiger partial charge in [0.15, 0.2) is 11.6 Å². The zero-order valence-electron chi connectivity index (χ0n) is 29.2. The van der Waals surface area contributed by atoms with Crippen LogP contribution in [-0.4, -0.2) is 75.8 Å². The summed E-state index contributed by atoms with van der Waals surface area (Å²) in [4.78, 5) is 41.9. The van der Waals surface area contributed by atoms with Crippen LogP contribution < -0.4 is 15.4 Å². The number of Topliss-reactive ketones (excluding diaryl/α,β-unsaturated/α-hetero) is 1. The van der Waals surface area contributed by atoms with Gasteiger partial charge in [0.05, 0.1) is 12.0 Å². The second-order valence-electron chi connectivity index (χ2n) is 14.2. The third-order valence-electron chi connectivity index (χ3n) is 9.10. The van der Waals surface area contributed by atoms with E-state index in [9.17, 15) is 29.7 Å². The number of hydrogen-bond donors (Lipinski definition) is 5. The second-order valence-corrected chi connectivity index (χ2v) is 14.2. The van der Waals surface area contributed by atoms with E-state index >= 15 is 0 Å². The number of ether oxygens (including phenoxy) is 1. The smallest absolute Gasteiger partial charge is 0.318 e. The summed E-state index contributed by atoms with van der Waals surface area (Å²) >= 11 is 0. The number of rotatable bonds is 15. The summed E-state index contributed by atoms with van der Waals surface area (Å²) in [6.45, 7) is 10.1. The number of aliphatic hydroxyl groups is 3. The Morgan fingerprint density at radius 3 is 2.14 bits per heavy atom. The molecule has 3 aromatic carbocycles. The minimum absolute atomic E-state index is 0.102. The summed E-state index contributed by atoms with van der Waals surface area (Å²) in [5.41, 5.74) is 2.12. The maximum atomic E-state index is 14.1. The Morgan fingerprint density at radius 1 is 0.939 bits per heavy atom. The maximum absolute atomic E-state index is 14.1. The summed E-state index contributed by atoms with van der Waals surface area (Å²) in [6.07, 6.45) is -0.930. The predicted molar refractivity (Wildman–Crippen MR) is 188 cm³/mol. The summed E-state index contributed by atoms with van der Waals surface area (Å²) in [5, 5.41) is 40.9. The Balaban J connectivity index is 1.62. The Kier molecular flexibility index (Phi) is 12.6. The maximum Gasteiger partial charge on any atom is 0.318 e. The van der Waals surface area contributed by atoms with Gasteiger partial charge in [0, 0.05) is 31.1 Å². The molecule has 3 aromatic rings. The van der Waals surface area contributed by atoms with Crippen LogP contribution in [-0.2, 0) is 21.8 Å². The zero-order chi connectivity index (χ0) is 35.8. The van der Waals surface area contributed by atoms with Crippen molar-refractivity contribution in [1.82, 2.24) is 15.5 Å². The van der Waals surface area contributed by atoms with Gasteiger partial charge in [0.25, 0.3) is 0 Å². The Hall–Kier alpha value is -4.25. The summed E-state index contributed by atoms with van der Waals surface area (Å²) < 4.78 is 5.88. The van der Waals surface area contributed by atoms with E-state index in [2.05, 4.69) is 10.6 Å². The number of benzene rings is 3. The van der Waals surface area contributed by atoms with E-state index in [1.165, 1.54) is 12.1 Å². The van der Waals surface area contributed by atoms with Crippen molar-refractivity contribution in [2.24, 2.45) is 11.3 Å². The van der Waals surface area contributed by atoms with E-state index in [1.807, 2.05) is 83.1 Å². The average Bonchev–Trinajstić information content (AvgIpc) is 3.04. The van der Waals surface area contributed by atoms with Gasteiger partial charge in [-0.25, -0.2) is 4.79 Å². The highest BCUT2D eigenvalue weighted by molar-refractivity contribution is 5.88. The lowest BCUT2D eigenvalue weighted by molar-refractivity contribution is -0.233. The average molecular weight is 674 g/mol. The molecule has 264 valence electrons. The molecule has 3 amide bonds. The van der Waals surface area contributed by atoms with Gasteiger partial charge in [-0.1, -0.05) is 99.6 Å². The van der Waals surface area contributed by atoms with E-state index in [0.717, 1.165) is 16.7 Å². The van der Waals surface area contributed by atoms with Crippen LogP contribution in [0.15, 0.2) is 78.9 Å². The van der Waals surface area contributed by atoms with Crippen molar-refractivity contribution in [3.63, 3.8) is 0 Å². The van der Waals surface area contributed by atoms with E-state index in [4.69, 9.17) is 4.74 Å². The highest BCUT2D eigenvalue weighted by Crippen LogP contribution is 2.35. The number of aryl methyl sites for hydroxylation is 2. The molecule has 4 rings (SSSR count). The first-order valence-electron chi connectivity index (χ1n) is 17.0. The van der Waals surface area contributed by atoms with Crippen molar-refractivity contribution < 1.29 is 34.4 Å². The number of urea groups is 1. The lowest BCUT2D eigenvalue weighted by Crippen LogP contribution is -2.61. The van der Waals surface area contributed by atoms with E-state index in [0.29, 0.717) is 31.7 Å². The van der Waals surface area contributed by atoms with Gasteiger partial charge in [-0.15, -0.1) is 0 Å². The third-order valence-corrected chi connectivity index (χ3v) is 9.10. The van der Waals surface area contributed by atoms with Gasteiger partial charge >= 0.3 is 6.03 Å². The van der Waals surface area contributed by atoms with Crippen LogP contribution in [0.3, 0.4) is 0 Å². The van der Waals surface area contributed by atoms with Gasteiger partial charge in [-0.3, -0.25) is 9.59 Å². The molecule has 0 spiro atoms. The first kappa shape index (κ1) is 37.6. The fourth-order valence-corrected chi connectivity index (χ4v) is 6.65. The van der Waals surface area contributed by atoms with Crippen molar-refractivity contribution in [3.8, 4) is 5.75 Å². The molecule has 0 aromatic heterocycles. The topological polar surface area (TPSA) is 148 Å². The summed E-state index contributed by atoms with van der Waals surface area (Å²) in [5.74, 6) is -4.19. The van der Waals surface area contributed by atoms with Crippen LogP contribution in [0.4, 0.5) is 4.79 Å². The van der Waals surface area contributed by atoms with Gasteiger partial charge in [0.2, 0.25) is 5.91 Å². The van der Waals surface area contributed by atoms with Crippen LogP contribution in [0.2, 0.25) is 0 Å². The van der Waals surface area contributed by atoms with Gasteiger partial charge in [-0.05, 0) is 55.2 Å². The highest BCUT2D eigenvalue weighted by atomic mass is 16.5. The number of amides is 3. The van der Waals surface area contributed by atoms with Crippen LogP contribution >= 0.6 is 0 Å². The first-order valence-corrected chi connectivity index (χ1v) is 17.0. The third kappa shape index (κ3) is 9.90. The van der Waals surface area contributed by atoms with Gasteiger partial charge in [-0.2, -0.15) is 0 Å². The minimum Gasteiger partial charge on any atom is -0.485 e. The molecule has 1 aliphatic rings. The lowest BCUT2D eigenvalue weighted by atomic mass is 9.80. The fourth-order valence-electron chi connectivity index (χ4n) is 6.65. The fraction of sp³-hybridized carbons (Fsp3) is 0.462. The largest absolute Gasteiger partial charge is 0.485 e. The van der Waals surface area contributed by atoms with Crippen LogP contribution in [0.25, 0.3) is 0 Å². The molecule has 1 fully saturated rings. The van der Waals surface area contributed by atoms with Gasteiger partial charge < -0.3 is 35.6 Å². The quantitative estimate of drug-likeness (QED) is 0.150. The standard InChI is InChI=1S/C39H51N3O7/c1-26-14-12-15-27(2)34(26)49-25-31(43)24-32(39(47,48)29-18-10-7-11-19-29)33(44)23-30(22-28-16-8-6-9-17-28)41-36(45)35(38(3,4)5)42-21-13-20-40-37(42)46/h6-12,14-19,30,32-33,35,44,47-48H,13,20-25H2,1-5H3,(H,40,46)(H,41,45). The normalized spacial score (nSPS) is 16.2. The number of nitrogens with zero attached hydrogens (tertiary/aromatic N) is 1. The van der Waals surface area contributed by atoms with E-state index < -0.39 is 47.5 Å². The second kappa shape index (κ2) is 16.4. The molecule has 0 radical (unpaired) electrons. The van der Waals surface area contributed by atoms with E-state index in [-0.39, 0.29) is 30.5 Å². The SMILES string of the molecule is Cc1cccc(C)c1OCC(=O)CC(C(O)CC(Cc1ccccc1)NC(=O)C(N1CCCNC1=O)C(C)(C)C)C(O)(O)c1ccccc1. The highest BCUT2D eigenvalue weighted by Gasteiger charge is 2.44. The van der Waals surface area contributed by atoms with Crippen molar-refractivity contribution in [2.75, 3.05) is 19.7 Å². The molecular formula is C39H51N3O7. The van der Waals surface area contributed by atoms with E-state index in [1.54, 1.807) is 23.1 Å². The Labute approximate surface area is 289 Å². The Bertz CT molecular complexity index is 1540. The molecule has 10 heteroatoms. The molecule has 1 saturated heterocycles. The Morgan fingerprint density at radius 2 is 1.55 bits per heavy atom. The van der Waals surface area contributed by atoms with Crippen molar-refractivity contribution in [3.05, 3.63) is 101 Å². The summed E-state index contributed by atoms with van der Waals surface area (Å²) in [7, 11) is 0. The van der Waals surface area contributed by atoms with Crippen molar-refractivity contribution in [2.45, 2.75) is 84.3 Å².